The van der Waals surface area contributed by atoms with Gasteiger partial charge in [-0.05, 0) is 13.0 Å². The van der Waals surface area contributed by atoms with Crippen LogP contribution in [-0.2, 0) is 0 Å². The minimum Gasteiger partial charge on any atom is -0.314 e. The molecule has 0 bridgehead atoms. The molecule has 6 heteroatoms. The third-order valence-electron chi connectivity index (χ3n) is 3.53. The van der Waals surface area contributed by atoms with Gasteiger partial charge in [-0.25, -0.2) is 4.39 Å². The highest BCUT2D eigenvalue weighted by molar-refractivity contribution is 5.27. The summed E-state index contributed by atoms with van der Waals surface area (Å²) in [6.45, 7) is 4.00. The molecule has 1 aliphatic heterocycles. The molecule has 0 spiro atoms. The maximum Gasteiger partial charge on any atom is 0.390 e. The van der Waals surface area contributed by atoms with Crippen molar-refractivity contribution in [2.75, 3.05) is 26.2 Å². The maximum atomic E-state index is 13.9. The highest BCUT2D eigenvalue weighted by atomic mass is 19.4. The number of hydrogen-bond donors (Lipinski definition) is 1. The molecule has 0 amide bonds. The van der Waals surface area contributed by atoms with Crippen molar-refractivity contribution in [2.45, 2.75) is 25.6 Å². The Bertz CT molecular complexity index is 453. The van der Waals surface area contributed by atoms with Crippen molar-refractivity contribution in [3.63, 3.8) is 0 Å². The summed E-state index contributed by atoms with van der Waals surface area (Å²) < 4.78 is 52.4. The Kier molecular flexibility index (Phi) is 4.65. The second-order valence-electron chi connectivity index (χ2n) is 5.15. The molecular weight excluding hydrogens is 272 g/mol. The predicted molar refractivity (Wildman–Crippen MR) is 69.0 cm³/mol. The minimum atomic E-state index is -4.31. The van der Waals surface area contributed by atoms with E-state index < -0.39 is 24.5 Å². The molecule has 112 valence electrons. The van der Waals surface area contributed by atoms with Crippen LogP contribution in [0, 0.1) is 12.7 Å². The zero-order chi connectivity index (χ0) is 14.8. The topological polar surface area (TPSA) is 15.3 Å². The van der Waals surface area contributed by atoms with Crippen LogP contribution >= 0.6 is 0 Å². The molecule has 2 nitrogen and oxygen atoms in total. The van der Waals surface area contributed by atoms with Crippen molar-refractivity contribution in [3.05, 3.63) is 35.1 Å². The molecule has 1 aromatic rings. The van der Waals surface area contributed by atoms with Crippen LogP contribution in [0.4, 0.5) is 17.6 Å². The molecule has 1 atom stereocenters. The number of alkyl halides is 3. The number of nitrogens with zero attached hydrogens (tertiary/aromatic N) is 1. The average Bonchev–Trinajstić information content (AvgIpc) is 2.39. The fourth-order valence-electron chi connectivity index (χ4n) is 2.57. The van der Waals surface area contributed by atoms with Gasteiger partial charge in [-0.3, -0.25) is 4.90 Å². The van der Waals surface area contributed by atoms with Crippen molar-refractivity contribution in [1.29, 1.82) is 0 Å². The molecule has 2 rings (SSSR count). The molecule has 20 heavy (non-hydrogen) atoms. The van der Waals surface area contributed by atoms with E-state index in [2.05, 4.69) is 5.32 Å². The molecule has 0 aliphatic carbocycles. The molecule has 1 aliphatic rings. The molecule has 1 saturated heterocycles. The van der Waals surface area contributed by atoms with E-state index in [0.717, 1.165) is 5.56 Å². The fraction of sp³-hybridized carbons (Fsp3) is 0.571. The number of nitrogens with one attached hydrogen (secondary N) is 1. The van der Waals surface area contributed by atoms with E-state index in [-0.39, 0.29) is 5.56 Å². The van der Waals surface area contributed by atoms with Crippen molar-refractivity contribution >= 4 is 0 Å². The number of benzene rings is 1. The zero-order valence-corrected chi connectivity index (χ0v) is 11.3. The van der Waals surface area contributed by atoms with Crippen LogP contribution in [0.1, 0.15) is 23.6 Å². The van der Waals surface area contributed by atoms with E-state index in [0.29, 0.717) is 26.2 Å². The van der Waals surface area contributed by atoms with Gasteiger partial charge in [-0.1, -0.05) is 17.7 Å². The van der Waals surface area contributed by atoms with Crippen LogP contribution in [0.3, 0.4) is 0 Å². The lowest BCUT2D eigenvalue weighted by atomic mass is 9.98. The van der Waals surface area contributed by atoms with Crippen molar-refractivity contribution in [1.82, 2.24) is 10.2 Å². The fourth-order valence-corrected chi connectivity index (χ4v) is 2.57. The first kappa shape index (κ1) is 15.3. The van der Waals surface area contributed by atoms with Gasteiger partial charge in [0.15, 0.2) is 0 Å². The quantitative estimate of drug-likeness (QED) is 0.861. The minimum absolute atomic E-state index is 0.143. The van der Waals surface area contributed by atoms with E-state index in [4.69, 9.17) is 0 Å². The first-order valence-electron chi connectivity index (χ1n) is 6.64. The summed E-state index contributed by atoms with van der Waals surface area (Å²) in [6.07, 6.45) is -5.33. The Labute approximate surface area is 115 Å². The molecule has 1 heterocycles. The lowest BCUT2D eigenvalue weighted by Crippen LogP contribution is -2.46. The number of hydrogen-bond acceptors (Lipinski definition) is 2. The Balaban J connectivity index is 2.31. The SMILES string of the molecule is Cc1ccc(F)c([C@H](CC(F)(F)F)N2CCNCC2)c1. The third kappa shape index (κ3) is 3.93. The number of aryl methyl sites for hydroxylation is 1. The number of rotatable bonds is 3. The third-order valence-corrected chi connectivity index (χ3v) is 3.53. The second-order valence-corrected chi connectivity index (χ2v) is 5.15. The van der Waals surface area contributed by atoms with Gasteiger partial charge in [-0.2, -0.15) is 13.2 Å². The molecular formula is C14H18F4N2. The average molecular weight is 290 g/mol. The highest BCUT2D eigenvalue weighted by Crippen LogP contribution is 2.35. The lowest BCUT2D eigenvalue weighted by molar-refractivity contribution is -0.149. The molecule has 0 saturated carbocycles. The Morgan fingerprint density at radius 2 is 1.90 bits per heavy atom. The Morgan fingerprint density at radius 3 is 2.50 bits per heavy atom. The Hall–Kier alpha value is -1.14. The van der Waals surface area contributed by atoms with Gasteiger partial charge in [0.1, 0.15) is 5.82 Å². The molecule has 0 radical (unpaired) electrons. The normalized spacial score (nSPS) is 19.1. The summed E-state index contributed by atoms with van der Waals surface area (Å²) >= 11 is 0. The van der Waals surface area contributed by atoms with Crippen LogP contribution in [0.25, 0.3) is 0 Å². The molecule has 1 N–H and O–H groups in total. The van der Waals surface area contributed by atoms with Crippen molar-refractivity contribution in [3.8, 4) is 0 Å². The summed E-state index contributed by atoms with van der Waals surface area (Å²) in [7, 11) is 0. The van der Waals surface area contributed by atoms with Crippen LogP contribution in [0.2, 0.25) is 0 Å². The maximum absolute atomic E-state index is 13.9. The van der Waals surface area contributed by atoms with Crippen molar-refractivity contribution in [2.24, 2.45) is 0 Å². The zero-order valence-electron chi connectivity index (χ0n) is 11.3. The van der Waals surface area contributed by atoms with Gasteiger partial charge in [-0.15, -0.1) is 0 Å². The van der Waals surface area contributed by atoms with E-state index in [1.807, 2.05) is 0 Å². The second kappa shape index (κ2) is 6.10. The summed E-state index contributed by atoms with van der Waals surface area (Å²) in [5.74, 6) is -0.566. The lowest BCUT2D eigenvalue weighted by Gasteiger charge is -2.35. The van der Waals surface area contributed by atoms with E-state index in [9.17, 15) is 17.6 Å². The van der Waals surface area contributed by atoms with E-state index in [1.54, 1.807) is 17.9 Å². The molecule has 1 fully saturated rings. The standard InChI is InChI=1S/C14H18F4N2/c1-10-2-3-12(15)11(8-10)13(9-14(16,17)18)20-6-4-19-5-7-20/h2-3,8,13,19H,4-7,9H2,1H3/t13-/m0/s1. The van der Waals surface area contributed by atoms with E-state index >= 15 is 0 Å². The highest BCUT2D eigenvalue weighted by Gasteiger charge is 2.37. The monoisotopic (exact) mass is 290 g/mol. The Morgan fingerprint density at radius 1 is 1.25 bits per heavy atom. The van der Waals surface area contributed by atoms with Gasteiger partial charge in [0.25, 0.3) is 0 Å². The smallest absolute Gasteiger partial charge is 0.314 e. The summed E-state index contributed by atoms with van der Waals surface area (Å²) in [6, 6.07) is 3.39. The first-order valence-corrected chi connectivity index (χ1v) is 6.64. The summed E-state index contributed by atoms with van der Waals surface area (Å²) in [5.41, 5.74) is 0.910. The van der Waals surface area contributed by atoms with Crippen LogP contribution in [0.15, 0.2) is 18.2 Å². The molecule has 0 unspecified atom stereocenters. The van der Waals surface area contributed by atoms with Gasteiger partial charge < -0.3 is 5.32 Å². The summed E-state index contributed by atoms with van der Waals surface area (Å²) in [5, 5.41) is 3.09. The predicted octanol–water partition coefficient (Wildman–Crippen LogP) is 3.03. The van der Waals surface area contributed by atoms with Gasteiger partial charge in [0.05, 0.1) is 6.42 Å². The largest absolute Gasteiger partial charge is 0.390 e. The van der Waals surface area contributed by atoms with Crippen LogP contribution in [-0.4, -0.2) is 37.3 Å². The first-order chi connectivity index (χ1) is 9.37. The van der Waals surface area contributed by atoms with Gasteiger partial charge >= 0.3 is 6.18 Å². The van der Waals surface area contributed by atoms with Crippen LogP contribution in [0.5, 0.6) is 0 Å². The van der Waals surface area contributed by atoms with Crippen LogP contribution < -0.4 is 5.32 Å². The molecule has 1 aromatic carbocycles. The van der Waals surface area contributed by atoms with E-state index in [1.165, 1.54) is 12.1 Å². The number of halogens is 4. The summed E-state index contributed by atoms with van der Waals surface area (Å²) in [4.78, 5) is 1.71. The number of piperazine rings is 1. The van der Waals surface area contributed by atoms with Crippen molar-refractivity contribution < 1.29 is 17.6 Å². The molecule has 0 aromatic heterocycles. The van der Waals surface area contributed by atoms with Gasteiger partial charge in [0.2, 0.25) is 0 Å². The van der Waals surface area contributed by atoms with Gasteiger partial charge in [0, 0.05) is 37.8 Å².